The minimum Gasteiger partial charge on any atom is -0.490 e. The van der Waals surface area contributed by atoms with Gasteiger partial charge in [0.25, 0.3) is 0 Å². The third kappa shape index (κ3) is 3.42. The van der Waals surface area contributed by atoms with Crippen molar-refractivity contribution in [3.8, 4) is 28.5 Å². The van der Waals surface area contributed by atoms with Crippen LogP contribution in [0.3, 0.4) is 0 Å². The zero-order valence-corrected chi connectivity index (χ0v) is 15.1. The van der Waals surface area contributed by atoms with Gasteiger partial charge in [-0.15, -0.1) is 0 Å². The number of aromatic nitrogens is 3. The number of H-pyrrole nitrogens is 1. The van der Waals surface area contributed by atoms with E-state index < -0.39 is 4.92 Å². The molecule has 7 heteroatoms. The van der Waals surface area contributed by atoms with E-state index in [1.165, 1.54) is 18.7 Å². The van der Waals surface area contributed by atoms with Gasteiger partial charge in [-0.2, -0.15) is 5.10 Å². The van der Waals surface area contributed by atoms with Crippen molar-refractivity contribution in [3.05, 3.63) is 58.1 Å². The monoisotopic (exact) mass is 352 g/mol. The van der Waals surface area contributed by atoms with Gasteiger partial charge in [-0.05, 0) is 23.1 Å². The predicted octanol–water partition coefficient (Wildman–Crippen LogP) is 4.35. The molecule has 0 unspecified atom stereocenters. The van der Waals surface area contributed by atoms with Crippen molar-refractivity contribution in [2.45, 2.75) is 26.2 Å². The Morgan fingerprint density at radius 2 is 1.73 bits per heavy atom. The highest BCUT2D eigenvalue weighted by Crippen LogP contribution is 2.31. The molecule has 0 atom stereocenters. The molecule has 3 aromatic rings. The van der Waals surface area contributed by atoms with E-state index in [2.05, 4.69) is 48.1 Å². The quantitative estimate of drug-likeness (QED) is 0.556. The van der Waals surface area contributed by atoms with Gasteiger partial charge in [0.1, 0.15) is 0 Å². The molecule has 7 nitrogen and oxygen atoms in total. The van der Waals surface area contributed by atoms with Crippen LogP contribution in [0.4, 0.5) is 5.69 Å². The Labute approximate surface area is 151 Å². The lowest BCUT2D eigenvalue weighted by molar-refractivity contribution is -0.385. The number of aromatic amines is 1. The molecule has 0 bridgehead atoms. The topological polar surface area (TPSA) is 93.9 Å². The SMILES string of the molecule is COc1ccc(-c2n[nH]c(-c3ccc(C(C)(C)C)cc3)n2)cc1[N+](=O)[O-]. The van der Waals surface area contributed by atoms with Crippen LogP contribution < -0.4 is 4.74 Å². The Morgan fingerprint density at radius 1 is 1.08 bits per heavy atom. The second kappa shape index (κ2) is 6.59. The molecule has 0 amide bonds. The molecule has 0 aliphatic heterocycles. The van der Waals surface area contributed by atoms with Crippen LogP contribution in [0.25, 0.3) is 22.8 Å². The highest BCUT2D eigenvalue weighted by atomic mass is 16.6. The Morgan fingerprint density at radius 3 is 2.31 bits per heavy atom. The second-order valence-corrected chi connectivity index (χ2v) is 6.98. The van der Waals surface area contributed by atoms with Crippen LogP contribution >= 0.6 is 0 Å². The molecule has 0 saturated heterocycles. The Bertz CT molecular complexity index is 940. The molecule has 134 valence electrons. The molecule has 0 aliphatic carbocycles. The van der Waals surface area contributed by atoms with Crippen molar-refractivity contribution in [1.82, 2.24) is 15.2 Å². The number of rotatable bonds is 4. The van der Waals surface area contributed by atoms with E-state index in [1.54, 1.807) is 12.1 Å². The van der Waals surface area contributed by atoms with E-state index in [0.29, 0.717) is 17.2 Å². The minimum absolute atomic E-state index is 0.0765. The smallest absolute Gasteiger partial charge is 0.311 e. The first-order valence-corrected chi connectivity index (χ1v) is 8.15. The molecule has 0 saturated carbocycles. The fourth-order valence-corrected chi connectivity index (χ4v) is 2.62. The average Bonchev–Trinajstić information content (AvgIpc) is 3.10. The number of nitro groups is 1. The zero-order valence-electron chi connectivity index (χ0n) is 15.1. The molecule has 0 aliphatic rings. The first-order chi connectivity index (χ1) is 12.3. The van der Waals surface area contributed by atoms with Gasteiger partial charge >= 0.3 is 5.69 Å². The number of methoxy groups -OCH3 is 1. The largest absolute Gasteiger partial charge is 0.490 e. The molecular formula is C19H20N4O3. The molecule has 26 heavy (non-hydrogen) atoms. The molecule has 3 rings (SSSR count). The van der Waals surface area contributed by atoms with Gasteiger partial charge < -0.3 is 4.74 Å². The number of nitrogens with zero attached hydrogens (tertiary/aromatic N) is 3. The molecule has 1 heterocycles. The summed E-state index contributed by atoms with van der Waals surface area (Å²) in [5.74, 6) is 1.21. The highest BCUT2D eigenvalue weighted by Gasteiger charge is 2.18. The van der Waals surface area contributed by atoms with Crippen LogP contribution in [-0.2, 0) is 5.41 Å². The zero-order chi connectivity index (χ0) is 18.9. The lowest BCUT2D eigenvalue weighted by atomic mass is 9.87. The van der Waals surface area contributed by atoms with Crippen LogP contribution in [0.15, 0.2) is 42.5 Å². The van der Waals surface area contributed by atoms with E-state index in [1.807, 2.05) is 12.1 Å². The first-order valence-electron chi connectivity index (χ1n) is 8.15. The number of nitrogens with one attached hydrogen (secondary N) is 1. The maximum Gasteiger partial charge on any atom is 0.311 e. The van der Waals surface area contributed by atoms with E-state index >= 15 is 0 Å². The van der Waals surface area contributed by atoms with Gasteiger partial charge in [0.05, 0.1) is 12.0 Å². The summed E-state index contributed by atoms with van der Waals surface area (Å²) in [6, 6.07) is 12.8. The molecule has 0 radical (unpaired) electrons. The molecule has 0 fully saturated rings. The Hall–Kier alpha value is -3.22. The maximum absolute atomic E-state index is 11.2. The van der Waals surface area contributed by atoms with E-state index in [0.717, 1.165) is 5.56 Å². The molecular weight excluding hydrogens is 332 g/mol. The number of benzene rings is 2. The van der Waals surface area contributed by atoms with Gasteiger partial charge in [0.2, 0.25) is 0 Å². The Kier molecular flexibility index (Phi) is 4.46. The maximum atomic E-state index is 11.2. The van der Waals surface area contributed by atoms with Crippen molar-refractivity contribution in [2.75, 3.05) is 7.11 Å². The molecule has 2 aromatic carbocycles. The van der Waals surface area contributed by atoms with Gasteiger partial charge in [-0.25, -0.2) is 4.98 Å². The number of ether oxygens (including phenoxy) is 1. The molecule has 1 N–H and O–H groups in total. The summed E-state index contributed by atoms with van der Waals surface area (Å²) in [4.78, 5) is 15.2. The van der Waals surface area contributed by atoms with E-state index in [4.69, 9.17) is 4.74 Å². The van der Waals surface area contributed by atoms with Gasteiger partial charge in [0.15, 0.2) is 17.4 Å². The van der Waals surface area contributed by atoms with Crippen molar-refractivity contribution in [3.63, 3.8) is 0 Å². The van der Waals surface area contributed by atoms with Crippen LogP contribution in [-0.4, -0.2) is 27.2 Å². The summed E-state index contributed by atoms with van der Waals surface area (Å²) in [5, 5.41) is 18.3. The standard InChI is InChI=1S/C19H20N4O3/c1-19(2,3)14-8-5-12(6-9-14)17-20-18(22-21-17)13-7-10-16(26-4)15(11-13)23(24)25/h5-11H,1-4H3,(H,20,21,22). The number of hydrogen-bond donors (Lipinski definition) is 1. The molecule has 0 spiro atoms. The summed E-state index contributed by atoms with van der Waals surface area (Å²) < 4.78 is 5.02. The van der Waals surface area contributed by atoms with Gasteiger partial charge in [-0.1, -0.05) is 45.0 Å². The predicted molar refractivity (Wildman–Crippen MR) is 99.2 cm³/mol. The summed E-state index contributed by atoms with van der Waals surface area (Å²) >= 11 is 0. The van der Waals surface area contributed by atoms with E-state index in [-0.39, 0.29) is 16.9 Å². The number of hydrogen-bond acceptors (Lipinski definition) is 5. The lowest BCUT2D eigenvalue weighted by Crippen LogP contribution is -2.10. The van der Waals surface area contributed by atoms with E-state index in [9.17, 15) is 10.1 Å². The van der Waals surface area contributed by atoms with Crippen molar-refractivity contribution >= 4 is 5.69 Å². The summed E-state index contributed by atoms with van der Waals surface area (Å²) in [6.45, 7) is 6.47. The van der Waals surface area contributed by atoms with Crippen LogP contribution in [0.5, 0.6) is 5.75 Å². The lowest BCUT2D eigenvalue weighted by Gasteiger charge is -2.18. The summed E-state index contributed by atoms with van der Waals surface area (Å²) in [6.07, 6.45) is 0. The van der Waals surface area contributed by atoms with Gasteiger partial charge in [0, 0.05) is 17.2 Å². The summed E-state index contributed by atoms with van der Waals surface area (Å²) in [7, 11) is 1.40. The fourth-order valence-electron chi connectivity index (χ4n) is 2.62. The minimum atomic E-state index is -0.485. The normalized spacial score (nSPS) is 11.4. The number of nitro benzene ring substituents is 1. The Balaban J connectivity index is 1.93. The van der Waals surface area contributed by atoms with Crippen molar-refractivity contribution in [1.29, 1.82) is 0 Å². The van der Waals surface area contributed by atoms with Crippen LogP contribution in [0.2, 0.25) is 0 Å². The van der Waals surface area contributed by atoms with Crippen LogP contribution in [0.1, 0.15) is 26.3 Å². The fraction of sp³-hybridized carbons (Fsp3) is 0.263. The van der Waals surface area contributed by atoms with Crippen LogP contribution in [0, 0.1) is 10.1 Å². The van der Waals surface area contributed by atoms with Gasteiger partial charge in [-0.3, -0.25) is 15.2 Å². The summed E-state index contributed by atoms with van der Waals surface area (Å²) in [5.41, 5.74) is 2.64. The molecule has 1 aromatic heterocycles. The highest BCUT2D eigenvalue weighted by molar-refractivity contribution is 5.66. The third-order valence-electron chi connectivity index (χ3n) is 4.14. The van der Waals surface area contributed by atoms with Crippen molar-refractivity contribution in [2.24, 2.45) is 0 Å². The average molecular weight is 352 g/mol. The third-order valence-corrected chi connectivity index (χ3v) is 4.14. The first kappa shape index (κ1) is 17.6. The second-order valence-electron chi connectivity index (χ2n) is 6.98. The van der Waals surface area contributed by atoms with Crippen molar-refractivity contribution < 1.29 is 9.66 Å².